The van der Waals surface area contributed by atoms with Crippen LogP contribution in [-0.2, 0) is 16.0 Å². The van der Waals surface area contributed by atoms with Crippen molar-refractivity contribution >= 4 is 23.2 Å². The molecule has 0 aliphatic heterocycles. The maximum Gasteiger partial charge on any atom is 0.311 e. The van der Waals surface area contributed by atoms with Crippen LogP contribution in [0.1, 0.15) is 25.3 Å². The van der Waals surface area contributed by atoms with E-state index >= 15 is 0 Å². The van der Waals surface area contributed by atoms with Crippen molar-refractivity contribution in [2.45, 2.75) is 26.2 Å². The molecule has 5 heteroatoms. The first kappa shape index (κ1) is 17.7. The van der Waals surface area contributed by atoms with E-state index in [0.29, 0.717) is 18.6 Å². The van der Waals surface area contributed by atoms with E-state index in [1.165, 1.54) is 0 Å². The molecule has 3 rings (SSSR count). The Kier molecular flexibility index (Phi) is 5.37. The van der Waals surface area contributed by atoms with Crippen molar-refractivity contribution in [2.24, 2.45) is 0 Å². The molecule has 134 valence electrons. The number of nitrogens with one attached hydrogen (secondary N) is 1. The second-order valence-electron chi connectivity index (χ2n) is 6.02. The van der Waals surface area contributed by atoms with Crippen molar-refractivity contribution in [2.75, 3.05) is 7.11 Å². The number of methoxy groups -OCH3 is 1. The van der Waals surface area contributed by atoms with E-state index in [1.807, 2.05) is 37.3 Å². The molecule has 0 amide bonds. The van der Waals surface area contributed by atoms with Crippen molar-refractivity contribution in [3.05, 3.63) is 48.0 Å². The molecule has 0 aliphatic rings. The van der Waals surface area contributed by atoms with E-state index in [2.05, 4.69) is 4.98 Å². The Bertz CT molecular complexity index is 942. The number of hydrogen-bond donors (Lipinski definition) is 1. The molecular formula is C21H21NO4. The zero-order valence-electron chi connectivity index (χ0n) is 14.9. The first-order valence-corrected chi connectivity index (χ1v) is 8.59. The van der Waals surface area contributed by atoms with Crippen molar-refractivity contribution in [1.82, 2.24) is 4.98 Å². The molecule has 2 aromatic carbocycles. The summed E-state index contributed by atoms with van der Waals surface area (Å²) in [6.07, 6.45) is 2.16. The Labute approximate surface area is 151 Å². The van der Waals surface area contributed by atoms with Crippen molar-refractivity contribution in [1.29, 1.82) is 0 Å². The Hall–Kier alpha value is -3.08. The number of H-pyrrole nitrogens is 1. The topological polar surface area (TPSA) is 68.4 Å². The van der Waals surface area contributed by atoms with Gasteiger partial charge in [0.1, 0.15) is 17.8 Å². The Balaban J connectivity index is 2.11. The maximum absolute atomic E-state index is 12.0. The number of aromatic nitrogens is 1. The van der Waals surface area contributed by atoms with Gasteiger partial charge in [-0.25, -0.2) is 0 Å². The summed E-state index contributed by atoms with van der Waals surface area (Å²) in [7, 11) is 1.62. The van der Waals surface area contributed by atoms with Gasteiger partial charge in [0, 0.05) is 29.3 Å². The number of esters is 1. The van der Waals surface area contributed by atoms with Crippen LogP contribution in [0, 0.1) is 0 Å². The number of carbonyl (C=O) groups is 2. The fraction of sp³-hybridized carbons (Fsp3) is 0.238. The number of carbonyl (C=O) groups excluding carboxylic acids is 2. The van der Waals surface area contributed by atoms with E-state index in [4.69, 9.17) is 9.47 Å². The fourth-order valence-corrected chi connectivity index (χ4v) is 2.98. The van der Waals surface area contributed by atoms with Gasteiger partial charge in [0.2, 0.25) is 0 Å². The highest BCUT2D eigenvalue weighted by atomic mass is 16.5. The van der Waals surface area contributed by atoms with Gasteiger partial charge in [-0.2, -0.15) is 0 Å². The number of benzene rings is 2. The summed E-state index contributed by atoms with van der Waals surface area (Å²) in [4.78, 5) is 26.5. The minimum Gasteiger partial charge on any atom is -0.497 e. The molecule has 1 heterocycles. The predicted molar refractivity (Wildman–Crippen MR) is 101 cm³/mol. The Morgan fingerprint density at radius 1 is 1.19 bits per heavy atom. The summed E-state index contributed by atoms with van der Waals surface area (Å²) in [6.45, 7) is 1.93. The molecule has 0 aliphatic carbocycles. The van der Waals surface area contributed by atoms with Gasteiger partial charge in [0.25, 0.3) is 0 Å². The van der Waals surface area contributed by atoms with Crippen molar-refractivity contribution in [3.63, 3.8) is 0 Å². The monoisotopic (exact) mass is 351 g/mol. The highest BCUT2D eigenvalue weighted by molar-refractivity contribution is 5.90. The van der Waals surface area contributed by atoms with Crippen LogP contribution in [0.4, 0.5) is 0 Å². The molecule has 5 nitrogen and oxygen atoms in total. The molecule has 0 fully saturated rings. The lowest BCUT2D eigenvalue weighted by Crippen LogP contribution is -2.08. The van der Waals surface area contributed by atoms with E-state index in [0.717, 1.165) is 39.8 Å². The van der Waals surface area contributed by atoms with E-state index in [1.54, 1.807) is 19.2 Å². The second-order valence-corrected chi connectivity index (χ2v) is 6.02. The SMILES string of the molecule is CCCC(=O)Oc1cccc(CC=O)c1-c1cc2cc(OC)ccc2[nH]1. The van der Waals surface area contributed by atoms with Crippen molar-refractivity contribution in [3.8, 4) is 22.8 Å². The van der Waals surface area contributed by atoms with Crippen LogP contribution in [0.15, 0.2) is 42.5 Å². The molecule has 26 heavy (non-hydrogen) atoms. The number of fused-ring (bicyclic) bond motifs is 1. The summed E-state index contributed by atoms with van der Waals surface area (Å²) >= 11 is 0. The van der Waals surface area contributed by atoms with E-state index < -0.39 is 0 Å². The molecule has 0 unspecified atom stereocenters. The molecule has 3 aromatic rings. The van der Waals surface area contributed by atoms with Crippen LogP contribution < -0.4 is 9.47 Å². The average molecular weight is 351 g/mol. The molecule has 1 aromatic heterocycles. The van der Waals surface area contributed by atoms with Crippen LogP contribution in [0.2, 0.25) is 0 Å². The normalized spacial score (nSPS) is 10.7. The number of aldehydes is 1. The van der Waals surface area contributed by atoms with Crippen LogP contribution in [0.25, 0.3) is 22.2 Å². The molecular weight excluding hydrogens is 330 g/mol. The summed E-state index contributed by atoms with van der Waals surface area (Å²) in [5.74, 6) is 0.940. The quantitative estimate of drug-likeness (QED) is 0.392. The molecule has 0 radical (unpaired) electrons. The van der Waals surface area contributed by atoms with E-state index in [9.17, 15) is 9.59 Å². The van der Waals surface area contributed by atoms with Crippen LogP contribution in [0.3, 0.4) is 0 Å². The number of aromatic amines is 1. The average Bonchev–Trinajstić information content (AvgIpc) is 3.04. The van der Waals surface area contributed by atoms with Gasteiger partial charge in [0.15, 0.2) is 0 Å². The van der Waals surface area contributed by atoms with Gasteiger partial charge in [-0.1, -0.05) is 19.1 Å². The Morgan fingerprint density at radius 3 is 2.77 bits per heavy atom. The lowest BCUT2D eigenvalue weighted by molar-refractivity contribution is -0.134. The number of rotatable bonds is 7. The summed E-state index contributed by atoms with van der Waals surface area (Å²) in [6, 6.07) is 13.1. The zero-order chi connectivity index (χ0) is 18.5. The van der Waals surface area contributed by atoms with Gasteiger partial charge < -0.3 is 19.3 Å². The standard InChI is InChI=1S/C21H21NO4/c1-3-5-20(24)26-19-7-4-6-14(10-11-23)21(19)18-13-15-12-16(25-2)8-9-17(15)22-18/h4,6-9,11-13,22H,3,5,10H2,1-2H3. The summed E-state index contributed by atoms with van der Waals surface area (Å²) in [5, 5.41) is 0.978. The fourth-order valence-electron chi connectivity index (χ4n) is 2.98. The van der Waals surface area contributed by atoms with Gasteiger partial charge in [-0.05, 0) is 42.3 Å². The lowest BCUT2D eigenvalue weighted by Gasteiger charge is -2.12. The zero-order valence-corrected chi connectivity index (χ0v) is 14.9. The maximum atomic E-state index is 12.0. The highest BCUT2D eigenvalue weighted by Gasteiger charge is 2.16. The molecule has 0 bridgehead atoms. The van der Waals surface area contributed by atoms with Crippen molar-refractivity contribution < 1.29 is 19.1 Å². The summed E-state index contributed by atoms with van der Waals surface area (Å²) in [5.41, 5.74) is 3.28. The molecule has 1 N–H and O–H groups in total. The highest BCUT2D eigenvalue weighted by Crippen LogP contribution is 2.36. The predicted octanol–water partition coefficient (Wildman–Crippen LogP) is 4.29. The van der Waals surface area contributed by atoms with Gasteiger partial charge >= 0.3 is 5.97 Å². The molecule has 0 atom stereocenters. The van der Waals surface area contributed by atoms with Crippen LogP contribution >= 0.6 is 0 Å². The van der Waals surface area contributed by atoms with Gasteiger partial charge in [-0.3, -0.25) is 4.79 Å². The van der Waals surface area contributed by atoms with Gasteiger partial charge in [-0.15, -0.1) is 0 Å². The van der Waals surface area contributed by atoms with Gasteiger partial charge in [0.05, 0.1) is 12.8 Å². The summed E-state index contributed by atoms with van der Waals surface area (Å²) < 4.78 is 10.8. The minimum absolute atomic E-state index is 0.243. The van der Waals surface area contributed by atoms with E-state index in [-0.39, 0.29) is 12.4 Å². The molecule has 0 saturated heterocycles. The lowest BCUT2D eigenvalue weighted by atomic mass is 10.0. The molecule has 0 spiro atoms. The van der Waals surface area contributed by atoms with Crippen LogP contribution in [-0.4, -0.2) is 24.3 Å². The van der Waals surface area contributed by atoms with Crippen LogP contribution in [0.5, 0.6) is 11.5 Å². The minimum atomic E-state index is -0.283. The first-order chi connectivity index (χ1) is 12.7. The Morgan fingerprint density at radius 2 is 2.04 bits per heavy atom. The third-order valence-electron chi connectivity index (χ3n) is 4.19. The third-order valence-corrected chi connectivity index (χ3v) is 4.19. The first-order valence-electron chi connectivity index (χ1n) is 8.59. The third kappa shape index (κ3) is 3.61. The largest absolute Gasteiger partial charge is 0.497 e. The number of hydrogen-bond acceptors (Lipinski definition) is 4. The number of ether oxygens (including phenoxy) is 2. The molecule has 0 saturated carbocycles. The second kappa shape index (κ2) is 7.87. The smallest absolute Gasteiger partial charge is 0.311 e.